The number of carbonyl (C=O) groups is 2. The fourth-order valence-corrected chi connectivity index (χ4v) is 0.249. The number of hydrogen-bond donors (Lipinski definition) is 0. The molecule has 8 heteroatoms. The zero-order chi connectivity index (χ0) is 15.6. The maximum atomic E-state index is 9.82. The summed E-state index contributed by atoms with van der Waals surface area (Å²) in [6.45, 7) is 6.11. The number of ketones is 2. The summed E-state index contributed by atoms with van der Waals surface area (Å²) in [5.41, 5.74) is 0. The van der Waals surface area contributed by atoms with Crippen molar-refractivity contribution in [3.8, 4) is 12.1 Å². The van der Waals surface area contributed by atoms with Gasteiger partial charge in [0.1, 0.15) is 11.6 Å². The van der Waals surface area contributed by atoms with E-state index in [0.717, 1.165) is 0 Å². The smallest absolute Gasteiger partial charge is 0.143 e. The van der Waals surface area contributed by atoms with E-state index in [1.165, 1.54) is 26.8 Å². The van der Waals surface area contributed by atoms with Crippen LogP contribution >= 0.6 is 34.2 Å². The molecule has 0 unspecified atom stereocenters. The molecule has 0 N–H and O–H groups in total. The van der Waals surface area contributed by atoms with Crippen LogP contribution in [0.1, 0.15) is 34.1 Å². The molecular weight excluding hydrogens is 480 g/mol. The molecule has 2 radical (unpaired) electrons. The number of rotatable bonds is 1. The van der Waals surface area contributed by atoms with Crippen LogP contribution in [0.4, 0.5) is 0 Å². The molecule has 0 fully saturated rings. The maximum absolute atomic E-state index is 9.82. The molecule has 21 heavy (non-hydrogen) atoms. The summed E-state index contributed by atoms with van der Waals surface area (Å²) in [5.74, 6) is 0.0949. The van der Waals surface area contributed by atoms with Crippen molar-refractivity contribution in [2.75, 3.05) is 0 Å². The first-order valence-corrected chi connectivity index (χ1v) is 6.50. The molecule has 0 amide bonds. The molecule has 0 atom stereocenters. The Morgan fingerprint density at radius 2 is 1.43 bits per heavy atom. The molecule has 0 aliphatic carbocycles. The second kappa shape index (κ2) is 42.7. The third-order valence-corrected chi connectivity index (χ3v) is 0.701. The van der Waals surface area contributed by atoms with Gasteiger partial charge in [-0.1, -0.05) is 11.6 Å². The van der Waals surface area contributed by atoms with Crippen molar-refractivity contribution in [3.63, 3.8) is 0 Å². The van der Waals surface area contributed by atoms with Crippen LogP contribution in [0.3, 0.4) is 0 Å². The molecule has 0 aromatic carbocycles. The van der Waals surface area contributed by atoms with Gasteiger partial charge in [-0.3, -0.25) is 9.73 Å². The molecule has 0 aromatic rings. The van der Waals surface area contributed by atoms with Crippen LogP contribution < -0.4 is 0 Å². The number of Topliss-reactive ketones (excluding diaryl/α,β-unsaturated/α-hetero) is 2. The van der Waals surface area contributed by atoms with Gasteiger partial charge in [0.05, 0.1) is 18.6 Å². The molecule has 0 rings (SSSR count). The van der Waals surface area contributed by atoms with Crippen molar-refractivity contribution >= 4 is 45.8 Å². The third-order valence-electron chi connectivity index (χ3n) is 0.591. The monoisotopic (exact) mass is 500 g/mol. The minimum atomic E-state index is -0.0718. The van der Waals surface area contributed by atoms with E-state index in [9.17, 15) is 9.59 Å². The van der Waals surface area contributed by atoms with Crippen LogP contribution in [0, 0.1) is 35.0 Å². The first-order valence-electron chi connectivity index (χ1n) is 4.60. The van der Waals surface area contributed by atoms with E-state index in [1.54, 1.807) is 19.1 Å². The van der Waals surface area contributed by atoms with Gasteiger partial charge in [0.2, 0.25) is 0 Å². The minimum Gasteiger partial charge on any atom is -0.358 e. The molecule has 0 spiro atoms. The number of nitriles is 2. The zero-order valence-corrected chi connectivity index (χ0v) is 18.6. The van der Waals surface area contributed by atoms with Crippen LogP contribution in [0.2, 0.25) is 0 Å². The van der Waals surface area contributed by atoms with E-state index in [2.05, 4.69) is 4.93 Å². The summed E-state index contributed by atoms with van der Waals surface area (Å²) < 4.78 is 0. The molecule has 0 aromatic heterocycles. The molecule has 0 aliphatic rings. The summed E-state index contributed by atoms with van der Waals surface area (Å²) in [5, 5.41) is 16.1. The van der Waals surface area contributed by atoms with Crippen LogP contribution in [0.25, 0.3) is 0 Å². The number of nitrogens with zero attached hydrogens (tertiary/aromatic N) is 2. The fourth-order valence-electron chi connectivity index (χ4n) is 0.200. The van der Waals surface area contributed by atoms with Crippen molar-refractivity contribution in [2.45, 2.75) is 34.1 Å². The van der Waals surface area contributed by atoms with Crippen molar-refractivity contribution in [1.29, 1.82) is 10.5 Å². The zero-order valence-electron chi connectivity index (χ0n) is 12.9. The summed E-state index contributed by atoms with van der Waals surface area (Å²) in [7, 11) is 0. The van der Waals surface area contributed by atoms with Crippen molar-refractivity contribution in [2.24, 2.45) is 0 Å². The quantitative estimate of drug-likeness (QED) is 0.304. The molecule has 120 valence electrons. The Hall–Kier alpha value is 0.249. The molecule has 4 nitrogen and oxygen atoms in total. The normalized spacial score (nSPS) is 6.43. The third kappa shape index (κ3) is 173. The van der Waals surface area contributed by atoms with Gasteiger partial charge in [0.25, 0.3) is 0 Å². The van der Waals surface area contributed by atoms with Crippen LogP contribution in [-0.4, -0.2) is 11.6 Å². The Labute approximate surface area is 171 Å². The molecule has 0 bridgehead atoms. The predicted octanol–water partition coefficient (Wildman–Crippen LogP) is 4.40. The SMILES string of the molecule is C/C(Cl)=C/C#N.CC(=O)CC#N.CC(C)=O.[CH2-]I.[CH3-].[V].[V]. The van der Waals surface area contributed by atoms with E-state index < -0.39 is 0 Å². The first-order chi connectivity index (χ1) is 8.27. The Kier molecular flexibility index (Phi) is 87.3. The Balaban J connectivity index is -0.0000000251. The van der Waals surface area contributed by atoms with Gasteiger partial charge in [-0.05, 0) is 27.7 Å². The largest absolute Gasteiger partial charge is 0.358 e. The van der Waals surface area contributed by atoms with Crippen molar-refractivity contribution < 1.29 is 46.7 Å². The molecule has 0 aliphatic heterocycles. The van der Waals surface area contributed by atoms with Gasteiger partial charge >= 0.3 is 0 Å². The van der Waals surface area contributed by atoms with E-state index in [4.69, 9.17) is 22.1 Å². The molecular formula is C13H20ClIN2O2V2-2. The molecule has 0 saturated heterocycles. The molecule has 0 heterocycles. The topological polar surface area (TPSA) is 81.7 Å². The van der Waals surface area contributed by atoms with Crippen molar-refractivity contribution in [3.05, 3.63) is 23.5 Å². The van der Waals surface area contributed by atoms with E-state index in [-0.39, 0.29) is 62.5 Å². The van der Waals surface area contributed by atoms with Gasteiger partial charge in [0.15, 0.2) is 0 Å². The van der Waals surface area contributed by atoms with E-state index in [0.29, 0.717) is 5.03 Å². The first kappa shape index (κ1) is 42.9. The standard InChI is InChI=1S/C4H4ClN.C4H5NO.C3H6O.CH2I.CH3.2V/c1-4(5)2-3-6;1-4(6)2-3-5;1-3(2)4;1-2;;;/h2H,1H3;2H2,1H3;1-2H3;1H2;1H3;;/q;;;2*-1;;/b4-2-;;;;;;. The van der Waals surface area contributed by atoms with Crippen LogP contribution in [0.5, 0.6) is 0 Å². The fraction of sp³-hybridized carbons (Fsp3) is 0.385. The van der Waals surface area contributed by atoms with E-state index in [1.807, 2.05) is 22.6 Å². The van der Waals surface area contributed by atoms with Gasteiger partial charge in [-0.2, -0.15) is 10.5 Å². The second-order valence-corrected chi connectivity index (χ2v) is 3.40. The van der Waals surface area contributed by atoms with Gasteiger partial charge in [-0.15, -0.1) is 0 Å². The molecule has 0 saturated carbocycles. The summed E-state index contributed by atoms with van der Waals surface area (Å²) >= 11 is 7.12. The van der Waals surface area contributed by atoms with Gasteiger partial charge in [-0.25, -0.2) is 0 Å². The predicted molar refractivity (Wildman–Crippen MR) is 88.3 cm³/mol. The Morgan fingerprint density at radius 1 is 1.14 bits per heavy atom. The number of carbonyl (C=O) groups excluding carboxylic acids is 2. The van der Waals surface area contributed by atoms with E-state index >= 15 is 0 Å². The van der Waals surface area contributed by atoms with Crippen LogP contribution in [0.15, 0.2) is 11.1 Å². The average molecular weight is 501 g/mol. The minimum absolute atomic E-state index is 0. The summed E-state index contributed by atoms with van der Waals surface area (Å²) in [6.07, 6.45) is 1.32. The summed E-state index contributed by atoms with van der Waals surface area (Å²) in [6, 6.07) is 3.49. The second-order valence-electron chi connectivity index (χ2n) is 2.81. The van der Waals surface area contributed by atoms with Crippen molar-refractivity contribution in [1.82, 2.24) is 0 Å². The Morgan fingerprint density at radius 3 is 1.43 bits per heavy atom. The number of halogens is 2. The number of hydrogen-bond acceptors (Lipinski definition) is 4. The van der Waals surface area contributed by atoms with Gasteiger partial charge in [0, 0.05) is 48.2 Å². The van der Waals surface area contributed by atoms with Crippen LogP contribution in [-0.2, 0) is 46.7 Å². The maximum Gasteiger partial charge on any atom is 0.143 e. The Bertz CT molecular complexity index is 330. The van der Waals surface area contributed by atoms with Gasteiger partial charge < -0.3 is 34.8 Å². The average Bonchev–Trinajstić information content (AvgIpc) is 2.20. The number of allylic oxidation sites excluding steroid dienone is 2. The summed E-state index contributed by atoms with van der Waals surface area (Å²) in [4.78, 5) is 22.5.